The molecule has 4 heteroatoms. The van der Waals surface area contributed by atoms with Crippen molar-refractivity contribution in [3.05, 3.63) is 57.5 Å². The van der Waals surface area contributed by atoms with Crippen LogP contribution in [-0.4, -0.2) is 0 Å². The molecule has 1 aromatic carbocycles. The lowest BCUT2D eigenvalue weighted by Crippen LogP contribution is -2.17. The van der Waals surface area contributed by atoms with Gasteiger partial charge in [0.25, 0.3) is 0 Å². The van der Waals surface area contributed by atoms with Crippen LogP contribution in [0.25, 0.3) is 0 Å². The Morgan fingerprint density at radius 2 is 2.00 bits per heavy atom. The number of hydrogen-bond donors (Lipinski definition) is 1. The SMILES string of the molecule is Cc1ccc(C(C)NCc2ccc(Cl)cc2Cl)o1. The van der Waals surface area contributed by atoms with E-state index in [1.807, 2.05) is 31.2 Å². The van der Waals surface area contributed by atoms with Crippen LogP contribution in [0.15, 0.2) is 34.7 Å². The Labute approximate surface area is 117 Å². The van der Waals surface area contributed by atoms with Crippen molar-refractivity contribution in [3.8, 4) is 0 Å². The van der Waals surface area contributed by atoms with Gasteiger partial charge >= 0.3 is 0 Å². The highest BCUT2D eigenvalue weighted by Crippen LogP contribution is 2.22. The molecular weight excluding hydrogens is 269 g/mol. The molecule has 2 aromatic rings. The van der Waals surface area contributed by atoms with Crippen LogP contribution in [0.5, 0.6) is 0 Å². The molecular formula is C14H15Cl2NO. The molecule has 0 saturated heterocycles. The van der Waals surface area contributed by atoms with Gasteiger partial charge in [-0.25, -0.2) is 0 Å². The van der Waals surface area contributed by atoms with Gasteiger partial charge in [-0.05, 0) is 43.7 Å². The molecule has 1 unspecified atom stereocenters. The molecule has 2 nitrogen and oxygen atoms in total. The monoisotopic (exact) mass is 283 g/mol. The van der Waals surface area contributed by atoms with Crippen LogP contribution >= 0.6 is 23.2 Å². The number of benzene rings is 1. The topological polar surface area (TPSA) is 25.2 Å². The largest absolute Gasteiger partial charge is 0.465 e. The van der Waals surface area contributed by atoms with E-state index in [2.05, 4.69) is 12.2 Å². The van der Waals surface area contributed by atoms with Gasteiger partial charge in [-0.3, -0.25) is 0 Å². The average Bonchev–Trinajstić information content (AvgIpc) is 2.74. The van der Waals surface area contributed by atoms with Gasteiger partial charge in [0.05, 0.1) is 6.04 Å². The summed E-state index contributed by atoms with van der Waals surface area (Å²) in [5.74, 6) is 1.85. The molecule has 18 heavy (non-hydrogen) atoms. The maximum atomic E-state index is 6.12. The van der Waals surface area contributed by atoms with Crippen LogP contribution in [0, 0.1) is 6.92 Å². The summed E-state index contributed by atoms with van der Waals surface area (Å²) < 4.78 is 5.57. The van der Waals surface area contributed by atoms with E-state index in [-0.39, 0.29) is 6.04 Å². The number of furan rings is 1. The fourth-order valence-corrected chi connectivity index (χ4v) is 2.19. The van der Waals surface area contributed by atoms with E-state index >= 15 is 0 Å². The minimum absolute atomic E-state index is 0.144. The van der Waals surface area contributed by atoms with Gasteiger partial charge < -0.3 is 9.73 Å². The van der Waals surface area contributed by atoms with Crippen LogP contribution in [-0.2, 0) is 6.54 Å². The summed E-state index contributed by atoms with van der Waals surface area (Å²) >= 11 is 12.0. The molecule has 96 valence electrons. The Kier molecular flexibility index (Phi) is 4.33. The first-order valence-electron chi connectivity index (χ1n) is 5.80. The summed E-state index contributed by atoms with van der Waals surface area (Å²) in [7, 11) is 0. The summed E-state index contributed by atoms with van der Waals surface area (Å²) in [4.78, 5) is 0. The van der Waals surface area contributed by atoms with E-state index in [9.17, 15) is 0 Å². The Morgan fingerprint density at radius 1 is 1.22 bits per heavy atom. The van der Waals surface area contributed by atoms with Crippen molar-refractivity contribution in [3.63, 3.8) is 0 Å². The zero-order valence-electron chi connectivity index (χ0n) is 10.3. The lowest BCUT2D eigenvalue weighted by Gasteiger charge is -2.12. The summed E-state index contributed by atoms with van der Waals surface area (Å²) in [5, 5.41) is 4.70. The molecule has 0 radical (unpaired) electrons. The smallest absolute Gasteiger partial charge is 0.120 e. The van der Waals surface area contributed by atoms with E-state index in [1.165, 1.54) is 0 Å². The van der Waals surface area contributed by atoms with Gasteiger partial charge in [-0.1, -0.05) is 29.3 Å². The first kappa shape index (κ1) is 13.5. The Balaban J connectivity index is 1.99. The average molecular weight is 284 g/mol. The van der Waals surface area contributed by atoms with Crippen molar-refractivity contribution in [1.82, 2.24) is 5.32 Å². The van der Waals surface area contributed by atoms with E-state index in [1.54, 1.807) is 6.07 Å². The van der Waals surface area contributed by atoms with E-state index in [4.69, 9.17) is 27.6 Å². The molecule has 0 aliphatic carbocycles. The fourth-order valence-electron chi connectivity index (χ4n) is 1.71. The maximum absolute atomic E-state index is 6.12. The second-order valence-electron chi connectivity index (χ2n) is 4.29. The van der Waals surface area contributed by atoms with Gasteiger partial charge in [-0.2, -0.15) is 0 Å². The molecule has 1 aromatic heterocycles. The van der Waals surface area contributed by atoms with Gasteiger partial charge in [0.2, 0.25) is 0 Å². The summed E-state index contributed by atoms with van der Waals surface area (Å²) in [6.45, 7) is 4.67. The van der Waals surface area contributed by atoms with Gasteiger partial charge in [-0.15, -0.1) is 0 Å². The van der Waals surface area contributed by atoms with E-state index in [0.717, 1.165) is 17.1 Å². The predicted octanol–water partition coefficient (Wildman–Crippen LogP) is 4.75. The fraction of sp³-hybridized carbons (Fsp3) is 0.286. The van der Waals surface area contributed by atoms with Gasteiger partial charge in [0.1, 0.15) is 11.5 Å². The van der Waals surface area contributed by atoms with Crippen LogP contribution in [0.1, 0.15) is 30.0 Å². The summed E-state index contributed by atoms with van der Waals surface area (Å²) in [6, 6.07) is 9.61. The Bertz CT molecular complexity index is 536. The normalized spacial score (nSPS) is 12.7. The molecule has 0 aliphatic heterocycles. The molecule has 0 aliphatic rings. The molecule has 1 heterocycles. The molecule has 0 amide bonds. The summed E-state index contributed by atoms with van der Waals surface area (Å²) in [5.41, 5.74) is 1.02. The third kappa shape index (κ3) is 3.29. The second kappa shape index (κ2) is 5.79. The molecule has 1 atom stereocenters. The van der Waals surface area contributed by atoms with Gasteiger partial charge in [0.15, 0.2) is 0 Å². The predicted molar refractivity (Wildman–Crippen MR) is 75.2 cm³/mol. The number of aryl methyl sites for hydroxylation is 1. The number of hydrogen-bond acceptors (Lipinski definition) is 2. The van der Waals surface area contributed by atoms with Gasteiger partial charge in [0, 0.05) is 16.6 Å². The van der Waals surface area contributed by atoms with Crippen molar-refractivity contribution in [1.29, 1.82) is 0 Å². The number of rotatable bonds is 4. The first-order valence-corrected chi connectivity index (χ1v) is 6.55. The molecule has 2 rings (SSSR count). The van der Waals surface area contributed by atoms with Crippen molar-refractivity contribution in [2.24, 2.45) is 0 Å². The minimum Gasteiger partial charge on any atom is -0.465 e. The van der Waals surface area contributed by atoms with Crippen molar-refractivity contribution < 1.29 is 4.42 Å². The Morgan fingerprint density at radius 3 is 2.61 bits per heavy atom. The second-order valence-corrected chi connectivity index (χ2v) is 5.13. The third-order valence-electron chi connectivity index (χ3n) is 2.80. The highest BCUT2D eigenvalue weighted by Gasteiger charge is 2.09. The van der Waals surface area contributed by atoms with Crippen LogP contribution in [0.2, 0.25) is 10.0 Å². The number of nitrogens with one attached hydrogen (secondary N) is 1. The minimum atomic E-state index is 0.144. The lowest BCUT2D eigenvalue weighted by atomic mass is 10.2. The van der Waals surface area contributed by atoms with Crippen LogP contribution < -0.4 is 5.32 Å². The van der Waals surface area contributed by atoms with Crippen molar-refractivity contribution >= 4 is 23.2 Å². The van der Waals surface area contributed by atoms with Crippen LogP contribution in [0.4, 0.5) is 0 Å². The third-order valence-corrected chi connectivity index (χ3v) is 3.39. The molecule has 0 spiro atoms. The zero-order valence-corrected chi connectivity index (χ0v) is 11.8. The highest BCUT2D eigenvalue weighted by atomic mass is 35.5. The van der Waals surface area contributed by atoms with Crippen LogP contribution in [0.3, 0.4) is 0 Å². The highest BCUT2D eigenvalue weighted by molar-refractivity contribution is 6.35. The quantitative estimate of drug-likeness (QED) is 0.876. The number of halogens is 2. The van der Waals surface area contributed by atoms with E-state index < -0.39 is 0 Å². The Hall–Kier alpha value is -0.960. The molecule has 0 bridgehead atoms. The lowest BCUT2D eigenvalue weighted by molar-refractivity contribution is 0.416. The van der Waals surface area contributed by atoms with Crippen molar-refractivity contribution in [2.45, 2.75) is 26.4 Å². The zero-order chi connectivity index (χ0) is 13.1. The van der Waals surface area contributed by atoms with Crippen molar-refractivity contribution in [2.75, 3.05) is 0 Å². The maximum Gasteiger partial charge on any atom is 0.120 e. The first-order chi connectivity index (χ1) is 8.56. The van der Waals surface area contributed by atoms with E-state index in [0.29, 0.717) is 16.6 Å². The summed E-state index contributed by atoms with van der Waals surface area (Å²) in [6.07, 6.45) is 0. The standard InChI is InChI=1S/C14H15Cl2NO/c1-9-3-6-14(18-9)10(2)17-8-11-4-5-12(15)7-13(11)16/h3-7,10,17H,8H2,1-2H3. The molecule has 0 fully saturated rings. The molecule has 1 N–H and O–H groups in total. The molecule has 0 saturated carbocycles.